The number of aliphatic hydroxyl groups excluding tert-OH is 1. The van der Waals surface area contributed by atoms with Gasteiger partial charge in [0.1, 0.15) is 12.1 Å². The van der Waals surface area contributed by atoms with Crippen LogP contribution in [0.25, 0.3) is 0 Å². The number of carbonyl (C=O) groups excluding carboxylic acids is 4. The van der Waals surface area contributed by atoms with E-state index >= 15 is 0 Å². The lowest BCUT2D eigenvalue weighted by Crippen LogP contribution is -2.48. The van der Waals surface area contributed by atoms with Crippen LogP contribution in [0.2, 0.25) is 0 Å². The largest absolute Gasteiger partial charge is 0.462 e. The summed E-state index contributed by atoms with van der Waals surface area (Å²) in [4.78, 5) is 53.5. The molecule has 0 aliphatic carbocycles. The molecule has 0 aromatic heterocycles. The molecule has 1 rings (SSSR count). The molecule has 4 N–H and O–H groups in total. The maximum atomic E-state index is 13.6. The van der Waals surface area contributed by atoms with Gasteiger partial charge in [-0.25, -0.2) is 0 Å². The van der Waals surface area contributed by atoms with E-state index < -0.39 is 18.2 Å². The van der Waals surface area contributed by atoms with Crippen LogP contribution in [0.5, 0.6) is 0 Å². The first kappa shape index (κ1) is 64.0. The zero-order valence-corrected chi connectivity index (χ0v) is 45.1. The maximum Gasteiger partial charge on any atom is 0.306 e. The van der Waals surface area contributed by atoms with Gasteiger partial charge in [-0.05, 0) is 50.5 Å². The van der Waals surface area contributed by atoms with Gasteiger partial charge in [-0.2, -0.15) is 0 Å². The van der Waals surface area contributed by atoms with Crippen LogP contribution >= 0.6 is 0 Å². The molecule has 69 heavy (non-hydrogen) atoms. The number of hydrogen-bond acceptors (Lipinski definition) is 7. The lowest BCUT2D eigenvalue weighted by Gasteiger charge is -2.22. The summed E-state index contributed by atoms with van der Waals surface area (Å²) in [6, 6.07) is 8.90. The van der Waals surface area contributed by atoms with Crippen molar-refractivity contribution in [2.24, 2.45) is 0 Å². The van der Waals surface area contributed by atoms with Crippen LogP contribution in [0, 0.1) is 0 Å². The quantitative estimate of drug-likeness (QED) is 0.0376. The summed E-state index contributed by atoms with van der Waals surface area (Å²) in [6.45, 7) is 9.43. The van der Waals surface area contributed by atoms with E-state index in [0.29, 0.717) is 45.3 Å². The third kappa shape index (κ3) is 39.3. The molecule has 1 aromatic carbocycles. The second-order valence-corrected chi connectivity index (χ2v) is 20.2. The topological polar surface area (TPSA) is 143 Å². The van der Waals surface area contributed by atoms with Crippen LogP contribution in [0.4, 0.5) is 0 Å². The van der Waals surface area contributed by atoms with Crippen LogP contribution in [0.3, 0.4) is 0 Å². The molecule has 0 saturated carbocycles. The van der Waals surface area contributed by atoms with Crippen molar-refractivity contribution >= 4 is 23.7 Å². The van der Waals surface area contributed by atoms with Gasteiger partial charge in [0, 0.05) is 13.0 Å². The fourth-order valence-electron chi connectivity index (χ4n) is 9.14. The first-order chi connectivity index (χ1) is 33.8. The smallest absolute Gasteiger partial charge is 0.306 e. The highest BCUT2D eigenvalue weighted by Crippen LogP contribution is 2.19. The number of benzene rings is 1. The van der Waals surface area contributed by atoms with E-state index in [-0.39, 0.29) is 49.2 Å². The van der Waals surface area contributed by atoms with Gasteiger partial charge >= 0.3 is 5.97 Å². The average Bonchev–Trinajstić information content (AvgIpc) is 3.34. The van der Waals surface area contributed by atoms with Crippen molar-refractivity contribution < 1.29 is 33.8 Å². The summed E-state index contributed by atoms with van der Waals surface area (Å²) in [7, 11) is 0. The average molecular weight is 971 g/mol. The van der Waals surface area contributed by atoms with Gasteiger partial charge in [0.05, 0.1) is 38.2 Å². The first-order valence-corrected chi connectivity index (χ1v) is 29.1. The fourth-order valence-corrected chi connectivity index (χ4v) is 9.14. The Bertz CT molecular complexity index is 1350. The van der Waals surface area contributed by atoms with E-state index in [1.807, 2.05) is 30.3 Å². The zero-order chi connectivity index (χ0) is 50.3. The van der Waals surface area contributed by atoms with E-state index in [2.05, 4.69) is 43.6 Å². The summed E-state index contributed by atoms with van der Waals surface area (Å²) in [5, 5.41) is 19.3. The summed E-state index contributed by atoms with van der Waals surface area (Å²) in [5.41, 5.74) is 1.08. The van der Waals surface area contributed by atoms with Crippen molar-refractivity contribution in [2.45, 2.75) is 303 Å². The van der Waals surface area contributed by atoms with E-state index in [9.17, 15) is 24.3 Å². The molecular weight excluding hydrogens is 863 g/mol. The number of nitrogens with one attached hydrogen (secondary N) is 3. The van der Waals surface area contributed by atoms with Gasteiger partial charge in [-0.3, -0.25) is 19.2 Å². The van der Waals surface area contributed by atoms with Gasteiger partial charge in [0.2, 0.25) is 17.7 Å². The van der Waals surface area contributed by atoms with Crippen molar-refractivity contribution in [1.82, 2.24) is 16.0 Å². The predicted octanol–water partition coefficient (Wildman–Crippen LogP) is 14.5. The molecule has 10 heteroatoms. The first-order valence-electron chi connectivity index (χ1n) is 29.1. The second-order valence-electron chi connectivity index (χ2n) is 20.2. The Morgan fingerprint density at radius 3 is 1.45 bits per heavy atom. The van der Waals surface area contributed by atoms with Crippen LogP contribution in [-0.4, -0.2) is 66.2 Å². The summed E-state index contributed by atoms with van der Waals surface area (Å²) in [5.74, 6) is -0.880. The van der Waals surface area contributed by atoms with Crippen molar-refractivity contribution in [1.29, 1.82) is 0 Å². The monoisotopic (exact) mass is 970 g/mol. The molecule has 0 saturated heterocycles. The second kappa shape index (κ2) is 47.4. The Morgan fingerprint density at radius 1 is 0.493 bits per heavy atom. The minimum Gasteiger partial charge on any atom is -0.462 e. The number of ether oxygens (including phenoxy) is 2. The molecule has 0 fully saturated rings. The third-order valence-electron chi connectivity index (χ3n) is 13.6. The van der Waals surface area contributed by atoms with Crippen LogP contribution < -0.4 is 16.0 Å². The summed E-state index contributed by atoms with van der Waals surface area (Å²) >= 11 is 0. The number of rotatable bonds is 50. The number of amides is 3. The zero-order valence-electron chi connectivity index (χ0n) is 45.1. The molecular formula is C59H107N3O7. The molecule has 3 amide bonds. The normalized spacial score (nSPS) is 13.1. The van der Waals surface area contributed by atoms with E-state index in [0.717, 1.165) is 82.6 Å². The lowest BCUT2D eigenvalue weighted by atomic mass is 10.0. The van der Waals surface area contributed by atoms with E-state index in [4.69, 9.17) is 9.47 Å². The number of unbranched alkanes of at least 4 members (excludes halogenated alkanes) is 26. The van der Waals surface area contributed by atoms with E-state index in [1.54, 1.807) is 0 Å². The van der Waals surface area contributed by atoms with Crippen molar-refractivity contribution in [3.63, 3.8) is 0 Å². The molecule has 0 heterocycles. The highest BCUT2D eigenvalue weighted by Gasteiger charge is 2.25. The van der Waals surface area contributed by atoms with Crippen molar-refractivity contribution in [2.75, 3.05) is 13.2 Å². The summed E-state index contributed by atoms with van der Waals surface area (Å²) < 4.78 is 12.3. The highest BCUT2D eigenvalue weighted by atomic mass is 16.5. The fraction of sp³-hybridized carbons (Fsp3) is 0.831. The predicted molar refractivity (Wildman–Crippen MR) is 287 cm³/mol. The molecule has 0 aliphatic rings. The number of carbonyl (C=O) groups is 4. The number of aliphatic hydroxyl groups is 1. The molecule has 1 aromatic rings. The molecule has 0 spiro atoms. The van der Waals surface area contributed by atoms with Crippen LogP contribution in [0.1, 0.15) is 277 Å². The SMILES string of the molecule is CCCCCCCCCCCC(=O)O[C@H](CCCCCCCCCCC)CC(=O)N[C@@H](CCCCC)C(=O)NCCC[C@H](CO)NC(=O)C[C@@H](CCCCCCCCCCC)OCc1ccccc1. The Balaban J connectivity index is 2.71. The highest BCUT2D eigenvalue weighted by molar-refractivity contribution is 5.87. The molecule has 10 nitrogen and oxygen atoms in total. The number of hydrogen-bond donors (Lipinski definition) is 4. The Labute approximate surface area is 423 Å². The third-order valence-corrected chi connectivity index (χ3v) is 13.6. The Kier molecular flexibility index (Phi) is 43.9. The van der Waals surface area contributed by atoms with Gasteiger partial charge in [0.15, 0.2) is 0 Å². The van der Waals surface area contributed by atoms with Crippen LogP contribution in [-0.2, 0) is 35.3 Å². The Morgan fingerprint density at radius 2 is 0.928 bits per heavy atom. The van der Waals surface area contributed by atoms with Gasteiger partial charge in [-0.1, -0.05) is 238 Å². The minimum atomic E-state index is -0.693. The Hall–Kier alpha value is -2.98. The molecule has 0 unspecified atom stereocenters. The van der Waals surface area contributed by atoms with Gasteiger partial charge < -0.3 is 30.5 Å². The van der Waals surface area contributed by atoms with Crippen molar-refractivity contribution in [3.05, 3.63) is 35.9 Å². The molecule has 0 radical (unpaired) electrons. The lowest BCUT2D eigenvalue weighted by molar-refractivity contribution is -0.151. The standard InChI is InChI=1S/C59H107N3O7/c1-5-9-13-16-19-22-25-28-35-42-53(68-50-51-39-33-31-34-40-51)47-56(64)61-52(49-63)41-38-46-60-59(67)55(44-32-12-8-4)62-57(65)48-54(43-36-29-26-23-20-17-14-10-6-2)69-58(66)45-37-30-27-24-21-18-15-11-7-3/h31,33-34,39-40,52-55,63H,5-30,32,35-38,41-50H2,1-4H3,(H,60,67)(H,61,64)(H,62,65)/t52-,53-,54-,55+/m1/s1. The van der Waals surface area contributed by atoms with Crippen LogP contribution in [0.15, 0.2) is 30.3 Å². The van der Waals surface area contributed by atoms with E-state index in [1.165, 1.54) is 122 Å². The minimum absolute atomic E-state index is 0.0489. The number of esters is 1. The molecule has 4 atom stereocenters. The molecule has 400 valence electrons. The van der Waals surface area contributed by atoms with Gasteiger partial charge in [0.25, 0.3) is 0 Å². The van der Waals surface area contributed by atoms with Crippen molar-refractivity contribution in [3.8, 4) is 0 Å². The summed E-state index contributed by atoms with van der Waals surface area (Å²) in [6.07, 6.45) is 38.1. The molecule has 0 aliphatic heterocycles. The maximum absolute atomic E-state index is 13.6. The van der Waals surface area contributed by atoms with Gasteiger partial charge in [-0.15, -0.1) is 0 Å². The molecule has 0 bridgehead atoms.